The quantitative estimate of drug-likeness (QED) is 0.770. The Morgan fingerprint density at radius 3 is 2.88 bits per heavy atom. The molecule has 2 atom stereocenters. The molecule has 2 aromatic carbocycles. The third-order valence-corrected chi connectivity index (χ3v) is 4.93. The van der Waals surface area contributed by atoms with Crippen LogP contribution in [0.1, 0.15) is 29.4 Å². The van der Waals surface area contributed by atoms with Gasteiger partial charge in [0, 0.05) is 19.4 Å². The maximum Gasteiger partial charge on any atom is 0.222 e. The normalized spacial score (nSPS) is 19.1. The van der Waals surface area contributed by atoms with Gasteiger partial charge in [-0.25, -0.2) is 4.98 Å². The lowest BCUT2D eigenvalue weighted by molar-refractivity contribution is -0.122. The molecule has 5 heteroatoms. The van der Waals surface area contributed by atoms with Crippen molar-refractivity contribution in [2.45, 2.75) is 38.5 Å². The summed E-state index contributed by atoms with van der Waals surface area (Å²) < 4.78 is 2.06. The van der Waals surface area contributed by atoms with Crippen LogP contribution in [-0.4, -0.2) is 26.7 Å². The van der Waals surface area contributed by atoms with Crippen molar-refractivity contribution in [3.63, 3.8) is 0 Å². The second-order valence-electron chi connectivity index (χ2n) is 6.56. The van der Waals surface area contributed by atoms with Crippen LogP contribution in [0.2, 0.25) is 0 Å². The molecule has 1 heterocycles. The second kappa shape index (κ2) is 6.33. The van der Waals surface area contributed by atoms with E-state index in [2.05, 4.69) is 14.9 Å². The Morgan fingerprint density at radius 2 is 2.00 bits per heavy atom. The molecule has 0 fully saturated rings. The Labute approximate surface area is 146 Å². The van der Waals surface area contributed by atoms with Crippen LogP contribution in [-0.2, 0) is 17.8 Å². The Bertz CT molecular complexity index is 932. The number of carbonyl (C=O) groups excluding carboxylic acids is 1. The summed E-state index contributed by atoms with van der Waals surface area (Å²) in [5, 5.41) is 13.3. The third-order valence-electron chi connectivity index (χ3n) is 4.93. The van der Waals surface area contributed by atoms with E-state index < -0.39 is 6.10 Å². The Morgan fingerprint density at radius 1 is 1.24 bits per heavy atom. The number of fused-ring (bicyclic) bond motifs is 2. The van der Waals surface area contributed by atoms with Crippen molar-refractivity contribution >= 4 is 16.9 Å². The molecule has 1 aliphatic carbocycles. The molecule has 0 unspecified atom stereocenters. The number of para-hydroxylation sites is 2. The van der Waals surface area contributed by atoms with Gasteiger partial charge in [0.2, 0.25) is 5.91 Å². The number of carbonyl (C=O) groups is 1. The summed E-state index contributed by atoms with van der Waals surface area (Å²) in [7, 11) is 0. The highest BCUT2D eigenvalue weighted by Gasteiger charge is 2.31. The molecular formula is C20H21N3O2. The fraction of sp³-hybridized carbons (Fsp3) is 0.300. The minimum Gasteiger partial charge on any atom is -0.390 e. The van der Waals surface area contributed by atoms with Gasteiger partial charge in [0.05, 0.1) is 23.2 Å². The first-order valence-corrected chi connectivity index (χ1v) is 8.60. The van der Waals surface area contributed by atoms with E-state index >= 15 is 0 Å². The number of rotatable bonds is 4. The van der Waals surface area contributed by atoms with E-state index in [1.807, 2.05) is 55.5 Å². The molecule has 128 valence electrons. The molecule has 25 heavy (non-hydrogen) atoms. The summed E-state index contributed by atoms with van der Waals surface area (Å²) in [5.41, 5.74) is 4.11. The highest BCUT2D eigenvalue weighted by Crippen LogP contribution is 2.31. The van der Waals surface area contributed by atoms with Gasteiger partial charge in [-0.2, -0.15) is 0 Å². The predicted molar refractivity (Wildman–Crippen MR) is 96.1 cm³/mol. The maximum atomic E-state index is 12.4. The van der Waals surface area contributed by atoms with Crippen molar-refractivity contribution in [3.8, 4) is 0 Å². The molecule has 2 N–H and O–H groups in total. The first-order valence-electron chi connectivity index (χ1n) is 8.60. The van der Waals surface area contributed by atoms with Gasteiger partial charge in [0.15, 0.2) is 0 Å². The number of hydrogen-bond acceptors (Lipinski definition) is 3. The molecular weight excluding hydrogens is 314 g/mol. The molecule has 5 nitrogen and oxygen atoms in total. The minimum absolute atomic E-state index is 0.0575. The van der Waals surface area contributed by atoms with Crippen LogP contribution in [0.3, 0.4) is 0 Å². The van der Waals surface area contributed by atoms with Crippen molar-refractivity contribution in [3.05, 3.63) is 65.5 Å². The molecule has 3 aromatic rings. The van der Waals surface area contributed by atoms with Crippen LogP contribution in [0, 0.1) is 6.92 Å². The summed E-state index contributed by atoms with van der Waals surface area (Å²) in [6.07, 6.45) is 0.385. The number of nitrogens with zero attached hydrogens (tertiary/aromatic N) is 2. The first-order chi connectivity index (χ1) is 12.1. The van der Waals surface area contributed by atoms with Gasteiger partial charge in [-0.1, -0.05) is 36.4 Å². The van der Waals surface area contributed by atoms with Crippen molar-refractivity contribution in [1.29, 1.82) is 0 Å². The van der Waals surface area contributed by atoms with Crippen molar-refractivity contribution < 1.29 is 9.90 Å². The SMILES string of the molecule is Cc1nc2ccccc2n1CCC(=O)N[C@@H]1c2ccccc2C[C@@H]1O. The lowest BCUT2D eigenvalue weighted by atomic mass is 10.1. The van der Waals surface area contributed by atoms with Gasteiger partial charge in [-0.05, 0) is 30.2 Å². The number of aryl methyl sites for hydroxylation is 2. The minimum atomic E-state index is -0.558. The molecule has 0 spiro atoms. The molecule has 0 saturated carbocycles. The number of hydrogen-bond donors (Lipinski definition) is 2. The fourth-order valence-electron chi connectivity index (χ4n) is 3.69. The largest absolute Gasteiger partial charge is 0.390 e. The van der Waals surface area contributed by atoms with Gasteiger partial charge >= 0.3 is 0 Å². The average molecular weight is 335 g/mol. The standard InChI is InChI=1S/C20H21N3O2/c1-13-21-16-8-4-5-9-17(16)23(13)11-10-19(25)22-20-15-7-3-2-6-14(15)12-18(20)24/h2-9,18,20,24H,10-12H2,1H3,(H,22,25)/t18-,20+/m0/s1. The summed E-state index contributed by atoms with van der Waals surface area (Å²) in [5.74, 6) is 0.846. The van der Waals surface area contributed by atoms with Crippen molar-refractivity contribution in [1.82, 2.24) is 14.9 Å². The zero-order valence-corrected chi connectivity index (χ0v) is 14.1. The van der Waals surface area contributed by atoms with Gasteiger partial charge in [-0.3, -0.25) is 4.79 Å². The maximum absolute atomic E-state index is 12.4. The van der Waals surface area contributed by atoms with E-state index in [-0.39, 0.29) is 11.9 Å². The van der Waals surface area contributed by atoms with Crippen molar-refractivity contribution in [2.75, 3.05) is 0 Å². The third kappa shape index (κ3) is 2.91. The topological polar surface area (TPSA) is 67.2 Å². The molecule has 0 bridgehead atoms. The van der Waals surface area contributed by atoms with Crippen LogP contribution >= 0.6 is 0 Å². The number of amides is 1. The monoisotopic (exact) mass is 335 g/mol. The van der Waals surface area contributed by atoms with E-state index in [0.717, 1.165) is 28.0 Å². The van der Waals surface area contributed by atoms with Gasteiger partial charge in [0.25, 0.3) is 0 Å². The molecule has 1 amide bonds. The number of aromatic nitrogens is 2. The Kier molecular flexibility index (Phi) is 4.01. The van der Waals surface area contributed by atoms with Crippen LogP contribution in [0.4, 0.5) is 0 Å². The van der Waals surface area contributed by atoms with E-state index in [0.29, 0.717) is 19.4 Å². The lowest BCUT2D eigenvalue weighted by Crippen LogP contribution is -2.34. The van der Waals surface area contributed by atoms with Gasteiger partial charge in [0.1, 0.15) is 5.82 Å². The predicted octanol–water partition coefficient (Wildman–Crippen LogP) is 2.51. The van der Waals surface area contributed by atoms with Crippen molar-refractivity contribution in [2.24, 2.45) is 0 Å². The van der Waals surface area contributed by atoms with Gasteiger partial charge < -0.3 is 15.0 Å². The Hall–Kier alpha value is -2.66. The summed E-state index contributed by atoms with van der Waals surface area (Å²) in [6.45, 7) is 2.53. The molecule has 0 radical (unpaired) electrons. The highest BCUT2D eigenvalue weighted by atomic mass is 16.3. The van der Waals surface area contributed by atoms with E-state index in [1.165, 1.54) is 0 Å². The zero-order valence-electron chi connectivity index (χ0n) is 14.1. The fourth-order valence-corrected chi connectivity index (χ4v) is 3.69. The molecule has 0 saturated heterocycles. The van der Waals surface area contributed by atoms with E-state index in [9.17, 15) is 9.90 Å². The lowest BCUT2D eigenvalue weighted by Gasteiger charge is -2.18. The number of benzene rings is 2. The number of nitrogens with one attached hydrogen (secondary N) is 1. The molecule has 1 aromatic heterocycles. The number of imidazole rings is 1. The highest BCUT2D eigenvalue weighted by molar-refractivity contribution is 5.78. The summed E-state index contributed by atoms with van der Waals surface area (Å²) in [4.78, 5) is 17.0. The van der Waals surface area contributed by atoms with Crippen LogP contribution < -0.4 is 5.32 Å². The second-order valence-corrected chi connectivity index (χ2v) is 6.56. The van der Waals surface area contributed by atoms with E-state index in [1.54, 1.807) is 0 Å². The molecule has 0 aliphatic heterocycles. The van der Waals surface area contributed by atoms with Crippen LogP contribution in [0.15, 0.2) is 48.5 Å². The zero-order chi connectivity index (χ0) is 17.4. The number of aliphatic hydroxyl groups excluding tert-OH is 1. The summed E-state index contributed by atoms with van der Waals surface area (Å²) in [6, 6.07) is 15.5. The van der Waals surface area contributed by atoms with E-state index in [4.69, 9.17) is 0 Å². The molecule has 4 rings (SSSR count). The van der Waals surface area contributed by atoms with Gasteiger partial charge in [-0.15, -0.1) is 0 Å². The number of aliphatic hydroxyl groups is 1. The Balaban J connectivity index is 1.45. The van der Waals surface area contributed by atoms with Crippen LogP contribution in [0.25, 0.3) is 11.0 Å². The molecule has 1 aliphatic rings. The smallest absolute Gasteiger partial charge is 0.222 e. The first kappa shape index (κ1) is 15.8. The average Bonchev–Trinajstić information content (AvgIpc) is 3.09. The summed E-state index contributed by atoms with van der Waals surface area (Å²) >= 11 is 0. The van der Waals surface area contributed by atoms with Crippen LogP contribution in [0.5, 0.6) is 0 Å².